The molecule has 1 atom stereocenters. The molecule has 21 heavy (non-hydrogen) atoms. The molecule has 0 aliphatic carbocycles. The Bertz CT molecular complexity index is 615. The first kappa shape index (κ1) is 17.8. The number of sulfonamides is 1. The molecule has 0 aromatic heterocycles. The van der Waals surface area contributed by atoms with Gasteiger partial charge in [0.2, 0.25) is 10.0 Å². The number of nitro benzene ring substituents is 1. The Balaban J connectivity index is 0.00000220. The van der Waals surface area contributed by atoms with Crippen LogP contribution in [0.3, 0.4) is 0 Å². The van der Waals surface area contributed by atoms with Crippen molar-refractivity contribution in [2.75, 3.05) is 13.1 Å². The molecule has 0 amide bonds. The molecule has 1 heterocycles. The van der Waals surface area contributed by atoms with Crippen LogP contribution in [0.5, 0.6) is 0 Å². The smallest absolute Gasteiger partial charge is 0.270 e. The molecule has 1 aliphatic rings. The highest BCUT2D eigenvalue weighted by molar-refractivity contribution is 7.89. The third-order valence-corrected chi connectivity index (χ3v) is 4.95. The fraction of sp³-hybridized carbons (Fsp3) is 0.500. The van der Waals surface area contributed by atoms with E-state index in [4.69, 9.17) is 0 Å². The van der Waals surface area contributed by atoms with Crippen molar-refractivity contribution < 1.29 is 13.3 Å². The van der Waals surface area contributed by atoms with Gasteiger partial charge < -0.3 is 5.32 Å². The zero-order valence-corrected chi connectivity index (χ0v) is 13.2. The quantitative estimate of drug-likeness (QED) is 0.639. The number of halogens is 1. The van der Waals surface area contributed by atoms with Gasteiger partial charge >= 0.3 is 0 Å². The number of nitrogens with zero attached hydrogens (tertiary/aromatic N) is 1. The van der Waals surface area contributed by atoms with E-state index in [0.29, 0.717) is 12.1 Å². The molecule has 9 heteroatoms. The molecule has 1 aromatic rings. The van der Waals surface area contributed by atoms with E-state index < -0.39 is 14.9 Å². The van der Waals surface area contributed by atoms with Crippen molar-refractivity contribution in [2.24, 2.45) is 0 Å². The molecule has 1 fully saturated rings. The molecule has 1 aliphatic heterocycles. The van der Waals surface area contributed by atoms with Crippen molar-refractivity contribution >= 4 is 28.1 Å². The van der Waals surface area contributed by atoms with E-state index in [2.05, 4.69) is 10.0 Å². The van der Waals surface area contributed by atoms with E-state index >= 15 is 0 Å². The lowest BCUT2D eigenvalue weighted by molar-refractivity contribution is -0.385. The van der Waals surface area contributed by atoms with Crippen LogP contribution in [-0.2, 0) is 10.0 Å². The summed E-state index contributed by atoms with van der Waals surface area (Å²) in [5.41, 5.74) is 0.268. The van der Waals surface area contributed by atoms with E-state index in [1.165, 1.54) is 12.1 Å². The van der Waals surface area contributed by atoms with Gasteiger partial charge in [0.1, 0.15) is 0 Å². The van der Waals surface area contributed by atoms with Crippen LogP contribution in [0.4, 0.5) is 5.69 Å². The molecular weight excluding hydrogens is 318 g/mol. The van der Waals surface area contributed by atoms with Crippen molar-refractivity contribution in [1.29, 1.82) is 0 Å². The number of aryl methyl sites for hydroxylation is 1. The standard InChI is InChI=1S/C12H17N3O4S.ClH/c1-9-4-5-11(15(16)17)7-12(9)20(18,19)14-10-3-2-6-13-8-10;/h4-5,7,10,13-14H,2-3,6,8H2,1H3;1H/t10-;/m1./s1. The normalized spacial score (nSPS) is 18.8. The summed E-state index contributed by atoms with van der Waals surface area (Å²) in [6, 6.07) is 3.68. The third-order valence-electron chi connectivity index (χ3n) is 3.29. The molecule has 1 aromatic carbocycles. The van der Waals surface area contributed by atoms with Crippen LogP contribution in [0.25, 0.3) is 0 Å². The average molecular weight is 336 g/mol. The summed E-state index contributed by atoms with van der Waals surface area (Å²) in [7, 11) is -3.74. The zero-order chi connectivity index (χ0) is 14.8. The van der Waals surface area contributed by atoms with Gasteiger partial charge in [0.25, 0.3) is 5.69 Å². The van der Waals surface area contributed by atoms with E-state index in [9.17, 15) is 18.5 Å². The van der Waals surface area contributed by atoms with Crippen LogP contribution in [-0.4, -0.2) is 32.5 Å². The van der Waals surface area contributed by atoms with Crippen molar-refractivity contribution in [2.45, 2.75) is 30.7 Å². The van der Waals surface area contributed by atoms with Crippen LogP contribution in [0, 0.1) is 17.0 Å². The van der Waals surface area contributed by atoms with Gasteiger partial charge in [-0.3, -0.25) is 10.1 Å². The molecule has 0 saturated carbocycles. The SMILES string of the molecule is Cc1ccc([N+](=O)[O-])cc1S(=O)(=O)N[C@@H]1CCCNC1.Cl. The first-order valence-corrected chi connectivity index (χ1v) is 7.86. The Morgan fingerprint density at radius 2 is 2.14 bits per heavy atom. The molecular formula is C12H18ClN3O4S. The van der Waals surface area contributed by atoms with Crippen molar-refractivity contribution in [3.63, 3.8) is 0 Å². The highest BCUT2D eigenvalue weighted by Crippen LogP contribution is 2.22. The lowest BCUT2D eigenvalue weighted by Gasteiger charge is -2.23. The van der Waals surface area contributed by atoms with Crippen molar-refractivity contribution in [3.8, 4) is 0 Å². The van der Waals surface area contributed by atoms with Gasteiger partial charge in [0.15, 0.2) is 0 Å². The number of rotatable bonds is 4. The number of nitro groups is 1. The van der Waals surface area contributed by atoms with Gasteiger partial charge in [-0.05, 0) is 31.9 Å². The van der Waals surface area contributed by atoms with E-state index in [1.807, 2.05) is 0 Å². The molecule has 118 valence electrons. The molecule has 0 unspecified atom stereocenters. The monoisotopic (exact) mass is 335 g/mol. The second kappa shape index (κ2) is 7.17. The minimum atomic E-state index is -3.74. The molecule has 2 N–H and O–H groups in total. The first-order valence-electron chi connectivity index (χ1n) is 6.38. The second-order valence-corrected chi connectivity index (χ2v) is 6.55. The minimum Gasteiger partial charge on any atom is -0.315 e. The molecule has 1 saturated heterocycles. The predicted octanol–water partition coefficient (Wildman–Crippen LogP) is 1.36. The minimum absolute atomic E-state index is 0. The molecule has 0 bridgehead atoms. The summed E-state index contributed by atoms with van der Waals surface area (Å²) < 4.78 is 27.3. The van der Waals surface area contributed by atoms with Gasteiger partial charge in [-0.25, -0.2) is 13.1 Å². The Hall–Kier alpha value is -1.22. The number of hydrogen-bond acceptors (Lipinski definition) is 5. The van der Waals surface area contributed by atoms with Crippen molar-refractivity contribution in [3.05, 3.63) is 33.9 Å². The highest BCUT2D eigenvalue weighted by Gasteiger charge is 2.24. The summed E-state index contributed by atoms with van der Waals surface area (Å²) in [5.74, 6) is 0. The lowest BCUT2D eigenvalue weighted by Crippen LogP contribution is -2.45. The Morgan fingerprint density at radius 1 is 1.43 bits per heavy atom. The molecule has 0 radical (unpaired) electrons. The van der Waals surface area contributed by atoms with Gasteiger partial charge in [-0.1, -0.05) is 6.07 Å². The maximum Gasteiger partial charge on any atom is 0.270 e. The topological polar surface area (TPSA) is 101 Å². The molecule has 0 spiro atoms. The summed E-state index contributed by atoms with van der Waals surface area (Å²) in [6.45, 7) is 3.08. The maximum atomic E-state index is 12.3. The Kier molecular flexibility index (Phi) is 6.09. The summed E-state index contributed by atoms with van der Waals surface area (Å²) in [4.78, 5) is 10.1. The maximum absolute atomic E-state index is 12.3. The zero-order valence-electron chi connectivity index (χ0n) is 11.5. The van der Waals surface area contributed by atoms with Crippen LogP contribution < -0.4 is 10.0 Å². The summed E-state index contributed by atoms with van der Waals surface area (Å²) in [5, 5.41) is 13.9. The first-order chi connectivity index (χ1) is 9.40. The number of hydrogen-bond donors (Lipinski definition) is 2. The number of piperidine rings is 1. The third kappa shape index (κ3) is 4.37. The number of nitrogens with one attached hydrogen (secondary N) is 2. The lowest BCUT2D eigenvalue weighted by atomic mass is 10.1. The molecule has 7 nitrogen and oxygen atoms in total. The van der Waals surface area contributed by atoms with E-state index in [1.54, 1.807) is 6.92 Å². The predicted molar refractivity (Wildman–Crippen MR) is 81.3 cm³/mol. The van der Waals surface area contributed by atoms with Crippen LogP contribution in [0.15, 0.2) is 23.1 Å². The number of benzene rings is 1. The fourth-order valence-corrected chi connectivity index (χ4v) is 3.76. The van der Waals surface area contributed by atoms with E-state index in [-0.39, 0.29) is 29.0 Å². The average Bonchev–Trinajstić information content (AvgIpc) is 2.39. The summed E-state index contributed by atoms with van der Waals surface area (Å²) in [6.07, 6.45) is 1.67. The van der Waals surface area contributed by atoms with Crippen LogP contribution >= 0.6 is 12.4 Å². The van der Waals surface area contributed by atoms with E-state index in [0.717, 1.165) is 25.5 Å². The summed E-state index contributed by atoms with van der Waals surface area (Å²) >= 11 is 0. The van der Waals surface area contributed by atoms with Gasteiger partial charge in [-0.2, -0.15) is 0 Å². The Morgan fingerprint density at radius 3 is 2.71 bits per heavy atom. The fourth-order valence-electron chi connectivity index (χ4n) is 2.23. The van der Waals surface area contributed by atoms with Crippen LogP contribution in [0.2, 0.25) is 0 Å². The highest BCUT2D eigenvalue weighted by atomic mass is 35.5. The van der Waals surface area contributed by atoms with Crippen LogP contribution in [0.1, 0.15) is 18.4 Å². The number of non-ortho nitro benzene ring substituents is 1. The van der Waals surface area contributed by atoms with Gasteiger partial charge in [0, 0.05) is 24.7 Å². The molecule has 2 rings (SSSR count). The largest absolute Gasteiger partial charge is 0.315 e. The van der Waals surface area contributed by atoms with Crippen molar-refractivity contribution in [1.82, 2.24) is 10.0 Å². The Labute approximate surface area is 129 Å². The van der Waals surface area contributed by atoms with Gasteiger partial charge in [-0.15, -0.1) is 12.4 Å². The second-order valence-electron chi connectivity index (χ2n) is 4.87. The van der Waals surface area contributed by atoms with Gasteiger partial charge in [0.05, 0.1) is 9.82 Å².